The van der Waals surface area contributed by atoms with Crippen molar-refractivity contribution in [3.8, 4) is 17.5 Å². The Bertz CT molecular complexity index is 978. The molecule has 1 heterocycles. The summed E-state index contributed by atoms with van der Waals surface area (Å²) in [7, 11) is 1.61. The quantitative estimate of drug-likeness (QED) is 0.661. The number of hydrogen-bond acceptors (Lipinski definition) is 6. The molecule has 0 radical (unpaired) electrons. The van der Waals surface area contributed by atoms with E-state index in [4.69, 9.17) is 10.00 Å². The molecule has 1 amide bonds. The molecule has 7 nitrogen and oxygen atoms in total. The number of thioether (sulfide) groups is 1. The highest BCUT2D eigenvalue weighted by Crippen LogP contribution is 2.25. The Morgan fingerprint density at radius 3 is 2.78 bits per heavy atom. The van der Waals surface area contributed by atoms with Gasteiger partial charge in [0, 0.05) is 11.4 Å². The molecule has 0 saturated carbocycles. The average Bonchev–Trinajstić information content (AvgIpc) is 3.16. The van der Waals surface area contributed by atoms with E-state index in [1.165, 1.54) is 11.8 Å². The lowest BCUT2D eigenvalue weighted by molar-refractivity contribution is -0.115. The van der Waals surface area contributed by atoms with Gasteiger partial charge in [-0.2, -0.15) is 5.26 Å². The van der Waals surface area contributed by atoms with Crippen molar-refractivity contribution in [1.82, 2.24) is 14.8 Å². The van der Waals surface area contributed by atoms with E-state index in [0.717, 1.165) is 11.4 Å². The van der Waals surface area contributed by atoms with Gasteiger partial charge in [0.2, 0.25) is 5.91 Å². The van der Waals surface area contributed by atoms with Crippen molar-refractivity contribution in [3.63, 3.8) is 0 Å². The van der Waals surface area contributed by atoms with Crippen LogP contribution in [0.2, 0.25) is 0 Å². The second-order valence-corrected chi connectivity index (χ2v) is 6.93. The van der Waals surface area contributed by atoms with Crippen molar-refractivity contribution in [3.05, 3.63) is 60.4 Å². The number of nitrogens with one attached hydrogen (secondary N) is 1. The van der Waals surface area contributed by atoms with Crippen molar-refractivity contribution in [2.75, 3.05) is 12.4 Å². The first-order valence-corrected chi connectivity index (χ1v) is 9.01. The Morgan fingerprint density at radius 1 is 1.30 bits per heavy atom. The number of aromatic nitrogens is 3. The lowest BCUT2D eigenvalue weighted by Gasteiger charge is -2.13. The topological polar surface area (TPSA) is 92.8 Å². The Labute approximate surface area is 161 Å². The van der Waals surface area contributed by atoms with Crippen LogP contribution in [-0.4, -0.2) is 33.0 Å². The average molecular weight is 379 g/mol. The monoisotopic (exact) mass is 379 g/mol. The van der Waals surface area contributed by atoms with Gasteiger partial charge in [-0.05, 0) is 49.4 Å². The number of nitriles is 1. The van der Waals surface area contributed by atoms with Gasteiger partial charge in [0.05, 0.1) is 24.0 Å². The molecule has 1 N–H and O–H groups in total. The molecule has 1 unspecified atom stereocenters. The molecule has 0 bridgehead atoms. The summed E-state index contributed by atoms with van der Waals surface area (Å²) in [5.74, 6) is 0.577. The van der Waals surface area contributed by atoms with Crippen molar-refractivity contribution >= 4 is 23.4 Å². The number of carbonyl (C=O) groups excluding carboxylic acids is 1. The molecule has 27 heavy (non-hydrogen) atoms. The molecule has 1 aromatic heterocycles. The highest BCUT2D eigenvalue weighted by molar-refractivity contribution is 8.00. The predicted octanol–water partition coefficient (Wildman–Crippen LogP) is 3.27. The normalized spacial score (nSPS) is 11.4. The Hall–Kier alpha value is -3.31. The molecule has 1 atom stereocenters. The zero-order valence-corrected chi connectivity index (χ0v) is 15.6. The fourth-order valence-electron chi connectivity index (χ4n) is 2.35. The van der Waals surface area contributed by atoms with Gasteiger partial charge >= 0.3 is 0 Å². The molecule has 8 heteroatoms. The molecule has 2 aromatic carbocycles. The number of benzene rings is 2. The largest absolute Gasteiger partial charge is 0.497 e. The number of hydrogen-bond donors (Lipinski definition) is 1. The van der Waals surface area contributed by atoms with Gasteiger partial charge in [0.1, 0.15) is 12.1 Å². The molecule has 0 fully saturated rings. The maximum atomic E-state index is 12.5. The van der Waals surface area contributed by atoms with Gasteiger partial charge in [0.15, 0.2) is 5.16 Å². The summed E-state index contributed by atoms with van der Waals surface area (Å²) in [6, 6.07) is 16.3. The summed E-state index contributed by atoms with van der Waals surface area (Å²) in [5, 5.41) is 20.0. The fraction of sp³-hybridized carbons (Fsp3) is 0.158. The zero-order valence-electron chi connectivity index (χ0n) is 14.8. The maximum Gasteiger partial charge on any atom is 0.237 e. The molecule has 0 aliphatic rings. The van der Waals surface area contributed by atoms with E-state index in [1.807, 2.05) is 28.8 Å². The minimum Gasteiger partial charge on any atom is -0.497 e. The SMILES string of the molecule is COc1ccc(-n2cnnc2SC(C)C(=O)Nc2cccc(C#N)c2)cc1. The van der Waals surface area contributed by atoms with Crippen LogP contribution in [-0.2, 0) is 4.79 Å². The van der Waals surface area contributed by atoms with Gasteiger partial charge < -0.3 is 10.1 Å². The molecular formula is C19H17N5O2S. The standard InChI is InChI=1S/C19H17N5O2S/c1-13(18(25)22-15-5-3-4-14(10-15)11-20)27-19-23-21-12-24(19)16-6-8-17(26-2)9-7-16/h3-10,12-13H,1-2H3,(H,22,25). The smallest absolute Gasteiger partial charge is 0.237 e. The number of anilines is 1. The number of rotatable bonds is 6. The van der Waals surface area contributed by atoms with Crippen molar-refractivity contribution in [2.45, 2.75) is 17.3 Å². The summed E-state index contributed by atoms with van der Waals surface area (Å²) in [6.45, 7) is 1.79. The lowest BCUT2D eigenvalue weighted by atomic mass is 10.2. The highest BCUT2D eigenvalue weighted by atomic mass is 32.2. The molecule has 3 aromatic rings. The molecule has 0 aliphatic heterocycles. The van der Waals surface area contributed by atoms with Crippen LogP contribution in [0.4, 0.5) is 5.69 Å². The maximum absolute atomic E-state index is 12.5. The van der Waals surface area contributed by atoms with Gasteiger partial charge in [-0.25, -0.2) is 0 Å². The van der Waals surface area contributed by atoms with Crippen LogP contribution < -0.4 is 10.1 Å². The summed E-state index contributed by atoms with van der Waals surface area (Å²) in [5.41, 5.74) is 1.95. The molecule has 0 saturated heterocycles. The van der Waals surface area contributed by atoms with Gasteiger partial charge in [-0.3, -0.25) is 9.36 Å². The van der Waals surface area contributed by atoms with Crippen LogP contribution in [0.5, 0.6) is 5.75 Å². The van der Waals surface area contributed by atoms with Crippen molar-refractivity contribution < 1.29 is 9.53 Å². The summed E-state index contributed by atoms with van der Waals surface area (Å²) in [4.78, 5) is 12.5. The van der Waals surface area contributed by atoms with E-state index in [2.05, 4.69) is 21.6 Å². The van der Waals surface area contributed by atoms with Crippen molar-refractivity contribution in [1.29, 1.82) is 5.26 Å². The van der Waals surface area contributed by atoms with E-state index in [9.17, 15) is 4.79 Å². The fourth-order valence-corrected chi connectivity index (χ4v) is 3.19. The third-order valence-electron chi connectivity index (χ3n) is 3.78. The van der Waals surface area contributed by atoms with Gasteiger partial charge in [0.25, 0.3) is 0 Å². The first kappa shape index (κ1) is 18.5. The number of methoxy groups -OCH3 is 1. The number of amides is 1. The molecule has 3 rings (SSSR count). The third-order valence-corrected chi connectivity index (χ3v) is 4.83. The van der Waals surface area contributed by atoms with Gasteiger partial charge in [-0.1, -0.05) is 17.8 Å². The predicted molar refractivity (Wildman–Crippen MR) is 103 cm³/mol. The summed E-state index contributed by atoms with van der Waals surface area (Å²) < 4.78 is 6.98. The third kappa shape index (κ3) is 4.46. The first-order valence-electron chi connectivity index (χ1n) is 8.13. The van der Waals surface area contributed by atoms with E-state index < -0.39 is 5.25 Å². The Morgan fingerprint density at radius 2 is 2.07 bits per heavy atom. The number of carbonyl (C=O) groups is 1. The van der Waals surface area contributed by atoms with Crippen LogP contribution in [0.1, 0.15) is 12.5 Å². The second-order valence-electron chi connectivity index (χ2n) is 5.62. The lowest BCUT2D eigenvalue weighted by Crippen LogP contribution is -2.22. The van der Waals surface area contributed by atoms with E-state index >= 15 is 0 Å². The summed E-state index contributed by atoms with van der Waals surface area (Å²) >= 11 is 1.30. The second kappa shape index (κ2) is 8.38. The zero-order chi connectivity index (χ0) is 19.2. The van der Waals surface area contributed by atoms with Crippen molar-refractivity contribution in [2.24, 2.45) is 0 Å². The van der Waals surface area contributed by atoms with Gasteiger partial charge in [-0.15, -0.1) is 10.2 Å². The molecule has 0 aliphatic carbocycles. The van der Waals surface area contributed by atoms with Crippen LogP contribution in [0.3, 0.4) is 0 Å². The Kier molecular flexibility index (Phi) is 5.74. The molecule has 136 valence electrons. The van der Waals surface area contributed by atoms with Crippen LogP contribution in [0.15, 0.2) is 60.0 Å². The number of ether oxygens (including phenoxy) is 1. The van der Waals surface area contributed by atoms with E-state index in [0.29, 0.717) is 16.4 Å². The minimum absolute atomic E-state index is 0.181. The van der Waals surface area contributed by atoms with Crippen LogP contribution in [0, 0.1) is 11.3 Å². The first-order chi connectivity index (χ1) is 13.1. The molecule has 0 spiro atoms. The van der Waals surface area contributed by atoms with Crippen LogP contribution in [0.25, 0.3) is 5.69 Å². The molecular weight excluding hydrogens is 362 g/mol. The highest BCUT2D eigenvalue weighted by Gasteiger charge is 2.18. The minimum atomic E-state index is -0.406. The summed E-state index contributed by atoms with van der Waals surface area (Å²) in [6.07, 6.45) is 1.60. The van der Waals surface area contributed by atoms with Crippen LogP contribution >= 0.6 is 11.8 Å². The number of nitrogens with zero attached hydrogens (tertiary/aromatic N) is 4. The van der Waals surface area contributed by atoms with E-state index in [1.54, 1.807) is 44.6 Å². The van der Waals surface area contributed by atoms with E-state index in [-0.39, 0.29) is 5.91 Å². The Balaban J connectivity index is 1.70.